The third-order valence-corrected chi connectivity index (χ3v) is 3.45. The average molecular weight is 261 g/mol. The first-order chi connectivity index (χ1) is 8.72. The molecule has 0 fully saturated rings. The van der Waals surface area contributed by atoms with Crippen LogP contribution >= 0.6 is 11.3 Å². The number of hydrogen-bond donors (Lipinski definition) is 1. The van der Waals surface area contributed by atoms with Crippen molar-refractivity contribution in [2.75, 3.05) is 5.32 Å². The minimum atomic E-state index is -0.480. The molecule has 1 atom stereocenters. The van der Waals surface area contributed by atoms with Crippen LogP contribution in [0.25, 0.3) is 0 Å². The van der Waals surface area contributed by atoms with Gasteiger partial charge < -0.3 is 4.74 Å². The molecule has 1 aliphatic rings. The van der Waals surface area contributed by atoms with Gasteiger partial charge in [0.15, 0.2) is 6.10 Å². The lowest BCUT2D eigenvalue weighted by Gasteiger charge is -2.08. The fraction of sp³-hybridized carbons (Fsp3) is 0.250. The molecule has 18 heavy (non-hydrogen) atoms. The Hall–Kier alpha value is -1.95. The summed E-state index contributed by atoms with van der Waals surface area (Å²) in [5, 5.41) is 11.8. The second-order valence-electron chi connectivity index (χ2n) is 4.03. The van der Waals surface area contributed by atoms with Crippen molar-refractivity contribution in [2.24, 2.45) is 0 Å². The maximum Gasteiger partial charge on any atom is 0.267 e. The predicted octanol–water partition coefficient (Wildman–Crippen LogP) is 1.79. The number of amides is 1. The van der Waals surface area contributed by atoms with E-state index in [1.807, 2.05) is 31.2 Å². The summed E-state index contributed by atoms with van der Waals surface area (Å²) >= 11 is 1.35. The summed E-state index contributed by atoms with van der Waals surface area (Å²) in [6.45, 7) is 1.84. The highest BCUT2D eigenvalue weighted by atomic mass is 32.1. The molecule has 1 aliphatic heterocycles. The third-order valence-electron chi connectivity index (χ3n) is 2.70. The molecule has 1 aromatic carbocycles. The van der Waals surface area contributed by atoms with Gasteiger partial charge in [0.25, 0.3) is 5.91 Å². The van der Waals surface area contributed by atoms with Crippen molar-refractivity contribution in [1.82, 2.24) is 10.2 Å². The van der Waals surface area contributed by atoms with Crippen LogP contribution in [-0.4, -0.2) is 22.2 Å². The molecular weight excluding hydrogens is 250 g/mol. The normalized spacial score (nSPS) is 17.1. The van der Waals surface area contributed by atoms with E-state index in [0.29, 0.717) is 11.6 Å². The molecule has 0 saturated carbocycles. The Kier molecular flexibility index (Phi) is 2.71. The molecule has 6 heteroatoms. The number of benzene rings is 1. The van der Waals surface area contributed by atoms with Crippen molar-refractivity contribution in [2.45, 2.75) is 19.4 Å². The molecule has 92 valence electrons. The van der Waals surface area contributed by atoms with Crippen molar-refractivity contribution in [1.29, 1.82) is 0 Å². The topological polar surface area (TPSA) is 64.1 Å². The van der Waals surface area contributed by atoms with Gasteiger partial charge in [-0.25, -0.2) is 0 Å². The molecule has 5 nitrogen and oxygen atoms in total. The Balaban J connectivity index is 1.69. The molecule has 1 N–H and O–H groups in total. The molecule has 0 aliphatic carbocycles. The summed E-state index contributed by atoms with van der Waals surface area (Å²) in [5.41, 5.74) is 1.06. The first-order valence-electron chi connectivity index (χ1n) is 5.58. The highest BCUT2D eigenvalue weighted by molar-refractivity contribution is 7.15. The van der Waals surface area contributed by atoms with E-state index in [2.05, 4.69) is 15.5 Å². The van der Waals surface area contributed by atoms with Crippen LogP contribution in [0.4, 0.5) is 5.13 Å². The monoisotopic (exact) mass is 261 g/mol. The maximum absolute atomic E-state index is 12.0. The van der Waals surface area contributed by atoms with Gasteiger partial charge in [-0.15, -0.1) is 10.2 Å². The molecule has 0 spiro atoms. The zero-order valence-corrected chi connectivity index (χ0v) is 10.5. The average Bonchev–Trinajstić information content (AvgIpc) is 2.95. The van der Waals surface area contributed by atoms with Gasteiger partial charge in [-0.2, -0.15) is 0 Å². The summed E-state index contributed by atoms with van der Waals surface area (Å²) < 4.78 is 5.59. The SMILES string of the molecule is Cc1nnc(NC(=O)C2Cc3ccccc3O2)s1. The second-order valence-corrected chi connectivity index (χ2v) is 5.22. The minimum Gasteiger partial charge on any atom is -0.480 e. The number of ether oxygens (including phenoxy) is 1. The van der Waals surface area contributed by atoms with E-state index in [1.165, 1.54) is 11.3 Å². The van der Waals surface area contributed by atoms with Crippen LogP contribution in [0.3, 0.4) is 0 Å². The summed E-state index contributed by atoms with van der Waals surface area (Å²) in [6, 6.07) is 7.68. The molecule has 2 heterocycles. The van der Waals surface area contributed by atoms with Crippen molar-refractivity contribution in [3.05, 3.63) is 34.8 Å². The lowest BCUT2D eigenvalue weighted by atomic mass is 10.1. The molecular formula is C12H11N3O2S. The number of aromatic nitrogens is 2. The second kappa shape index (κ2) is 4.38. The maximum atomic E-state index is 12.0. The van der Waals surface area contributed by atoms with Crippen LogP contribution in [0.2, 0.25) is 0 Å². The number of carbonyl (C=O) groups excluding carboxylic acids is 1. The Morgan fingerprint density at radius 3 is 3.00 bits per heavy atom. The highest BCUT2D eigenvalue weighted by Gasteiger charge is 2.29. The zero-order chi connectivity index (χ0) is 12.5. The fourth-order valence-electron chi connectivity index (χ4n) is 1.86. The Bertz CT molecular complexity index is 572. The Morgan fingerprint density at radius 2 is 2.28 bits per heavy atom. The number of fused-ring (bicyclic) bond motifs is 1. The number of rotatable bonds is 2. The van der Waals surface area contributed by atoms with Gasteiger partial charge >= 0.3 is 0 Å². The van der Waals surface area contributed by atoms with E-state index < -0.39 is 6.10 Å². The van der Waals surface area contributed by atoms with Crippen molar-refractivity contribution in [3.8, 4) is 5.75 Å². The van der Waals surface area contributed by atoms with Crippen molar-refractivity contribution >= 4 is 22.4 Å². The van der Waals surface area contributed by atoms with Crippen LogP contribution in [0.1, 0.15) is 10.6 Å². The number of para-hydroxylation sites is 1. The van der Waals surface area contributed by atoms with Gasteiger partial charge in [-0.3, -0.25) is 10.1 Å². The molecule has 1 amide bonds. The summed E-state index contributed by atoms with van der Waals surface area (Å²) in [6.07, 6.45) is 0.117. The van der Waals surface area contributed by atoms with Crippen LogP contribution in [-0.2, 0) is 11.2 Å². The highest BCUT2D eigenvalue weighted by Crippen LogP contribution is 2.28. The number of carbonyl (C=O) groups is 1. The van der Waals surface area contributed by atoms with Gasteiger partial charge in [-0.05, 0) is 18.6 Å². The number of anilines is 1. The molecule has 0 bridgehead atoms. The molecule has 3 rings (SSSR count). The summed E-state index contributed by atoms with van der Waals surface area (Å²) in [7, 11) is 0. The molecule has 0 radical (unpaired) electrons. The Morgan fingerprint density at radius 1 is 1.44 bits per heavy atom. The van der Waals surface area contributed by atoms with Gasteiger partial charge in [0.2, 0.25) is 5.13 Å². The Labute approximate surface area is 108 Å². The van der Waals surface area contributed by atoms with E-state index in [0.717, 1.165) is 16.3 Å². The predicted molar refractivity (Wildman–Crippen MR) is 67.8 cm³/mol. The number of aryl methyl sites for hydroxylation is 1. The third kappa shape index (κ3) is 2.06. The van der Waals surface area contributed by atoms with Gasteiger partial charge in [0.1, 0.15) is 10.8 Å². The van der Waals surface area contributed by atoms with Crippen LogP contribution in [0.5, 0.6) is 5.75 Å². The molecule has 0 saturated heterocycles. The first-order valence-corrected chi connectivity index (χ1v) is 6.39. The number of nitrogens with one attached hydrogen (secondary N) is 1. The zero-order valence-electron chi connectivity index (χ0n) is 9.71. The fourth-order valence-corrected chi connectivity index (χ4v) is 2.46. The van der Waals surface area contributed by atoms with Crippen LogP contribution in [0.15, 0.2) is 24.3 Å². The largest absolute Gasteiger partial charge is 0.480 e. The molecule has 1 aromatic heterocycles. The number of hydrogen-bond acceptors (Lipinski definition) is 5. The lowest BCUT2D eigenvalue weighted by molar-refractivity contribution is -0.122. The smallest absolute Gasteiger partial charge is 0.267 e. The van der Waals surface area contributed by atoms with Crippen LogP contribution in [0, 0.1) is 6.92 Å². The van der Waals surface area contributed by atoms with Crippen molar-refractivity contribution < 1.29 is 9.53 Å². The minimum absolute atomic E-state index is 0.178. The van der Waals surface area contributed by atoms with E-state index >= 15 is 0 Å². The van der Waals surface area contributed by atoms with Gasteiger partial charge in [-0.1, -0.05) is 29.5 Å². The summed E-state index contributed by atoms with van der Waals surface area (Å²) in [4.78, 5) is 12.0. The summed E-state index contributed by atoms with van der Waals surface area (Å²) in [5.74, 6) is 0.605. The van der Waals surface area contributed by atoms with Gasteiger partial charge in [0.05, 0.1) is 0 Å². The first kappa shape index (κ1) is 11.2. The standard InChI is InChI=1S/C12H11N3O2S/c1-7-14-15-12(18-7)13-11(16)10-6-8-4-2-3-5-9(8)17-10/h2-5,10H,6H2,1H3,(H,13,15,16). The van der Waals surface area contributed by atoms with Crippen molar-refractivity contribution in [3.63, 3.8) is 0 Å². The molecule has 1 unspecified atom stereocenters. The molecule has 2 aromatic rings. The van der Waals surface area contributed by atoms with E-state index in [9.17, 15) is 4.79 Å². The van der Waals surface area contributed by atoms with Gasteiger partial charge in [0, 0.05) is 6.42 Å². The van der Waals surface area contributed by atoms with E-state index in [4.69, 9.17) is 4.74 Å². The van der Waals surface area contributed by atoms with E-state index in [-0.39, 0.29) is 5.91 Å². The van der Waals surface area contributed by atoms with E-state index in [1.54, 1.807) is 0 Å². The lowest BCUT2D eigenvalue weighted by Crippen LogP contribution is -2.31. The van der Waals surface area contributed by atoms with Crippen LogP contribution < -0.4 is 10.1 Å². The quantitative estimate of drug-likeness (QED) is 0.895. The number of nitrogens with zero attached hydrogens (tertiary/aromatic N) is 2.